The summed E-state index contributed by atoms with van der Waals surface area (Å²) in [7, 11) is 2.14. The summed E-state index contributed by atoms with van der Waals surface area (Å²) >= 11 is 0. The third kappa shape index (κ3) is 3.34. The predicted molar refractivity (Wildman–Crippen MR) is 96.9 cm³/mol. The molecule has 0 amide bonds. The molecule has 0 bridgehead atoms. The Hall–Kier alpha value is -2.87. The Balaban J connectivity index is 1.65. The van der Waals surface area contributed by atoms with E-state index in [1.807, 2.05) is 12.1 Å². The highest BCUT2D eigenvalue weighted by molar-refractivity contribution is 5.87. The number of likely N-dealkylation sites (tertiary alicyclic amines) is 1. The molecule has 0 spiro atoms. The summed E-state index contributed by atoms with van der Waals surface area (Å²) in [5, 5.41) is 4.13. The van der Waals surface area contributed by atoms with Gasteiger partial charge in [-0.25, -0.2) is 4.98 Å². The number of nitrogens with two attached hydrogens (primary N) is 1. The topological polar surface area (TPSA) is 106 Å². The maximum Gasteiger partial charge on any atom is 0.226 e. The highest BCUT2D eigenvalue weighted by Crippen LogP contribution is 2.23. The summed E-state index contributed by atoms with van der Waals surface area (Å²) in [6.07, 6.45) is 7.07. The number of rotatable bonds is 3. The third-order valence-electron chi connectivity index (χ3n) is 4.47. The van der Waals surface area contributed by atoms with Crippen molar-refractivity contribution in [3.63, 3.8) is 0 Å². The number of pyridine rings is 1. The number of hydrogen-bond acceptors (Lipinski definition) is 8. The Morgan fingerprint density at radius 1 is 1.08 bits per heavy atom. The number of anilines is 2. The van der Waals surface area contributed by atoms with Crippen LogP contribution in [0.15, 0.2) is 30.7 Å². The molecular formula is C17H20N8. The minimum atomic E-state index is 0.358. The van der Waals surface area contributed by atoms with Gasteiger partial charge in [-0.1, -0.05) is 0 Å². The number of piperidine rings is 1. The van der Waals surface area contributed by atoms with E-state index in [-0.39, 0.29) is 0 Å². The van der Waals surface area contributed by atoms with Crippen molar-refractivity contribution in [3.05, 3.63) is 30.7 Å². The molecule has 0 unspecified atom stereocenters. The van der Waals surface area contributed by atoms with Crippen LogP contribution in [-0.2, 0) is 0 Å². The Morgan fingerprint density at radius 2 is 1.92 bits per heavy atom. The number of hydrogen-bond donors (Lipinski definition) is 2. The highest BCUT2D eigenvalue weighted by atomic mass is 15.2. The van der Waals surface area contributed by atoms with E-state index in [4.69, 9.17) is 5.73 Å². The van der Waals surface area contributed by atoms with Gasteiger partial charge in [0.15, 0.2) is 5.65 Å². The molecule has 8 heteroatoms. The van der Waals surface area contributed by atoms with E-state index in [9.17, 15) is 0 Å². The van der Waals surface area contributed by atoms with Gasteiger partial charge in [0, 0.05) is 18.4 Å². The first-order valence-electron chi connectivity index (χ1n) is 8.35. The van der Waals surface area contributed by atoms with Gasteiger partial charge < -0.3 is 16.0 Å². The Morgan fingerprint density at radius 3 is 2.68 bits per heavy atom. The molecule has 1 saturated heterocycles. The van der Waals surface area contributed by atoms with E-state index in [0.29, 0.717) is 34.8 Å². The van der Waals surface area contributed by atoms with Gasteiger partial charge in [0.05, 0.1) is 17.3 Å². The summed E-state index contributed by atoms with van der Waals surface area (Å²) in [6, 6.07) is 4.09. The fraction of sp³-hybridized carbons (Fsp3) is 0.353. The Kier molecular flexibility index (Phi) is 4.10. The zero-order valence-electron chi connectivity index (χ0n) is 14.1. The molecule has 1 fully saturated rings. The first-order chi connectivity index (χ1) is 12.2. The van der Waals surface area contributed by atoms with Gasteiger partial charge in [-0.2, -0.15) is 9.97 Å². The lowest BCUT2D eigenvalue weighted by atomic mass is 10.1. The lowest BCUT2D eigenvalue weighted by Crippen LogP contribution is -2.37. The van der Waals surface area contributed by atoms with Gasteiger partial charge in [0.1, 0.15) is 11.5 Å². The molecular weight excluding hydrogens is 316 g/mol. The van der Waals surface area contributed by atoms with Crippen LogP contribution in [0.2, 0.25) is 0 Å². The molecule has 0 radical (unpaired) electrons. The van der Waals surface area contributed by atoms with Crippen LogP contribution in [0.3, 0.4) is 0 Å². The van der Waals surface area contributed by atoms with Crippen LogP contribution >= 0.6 is 0 Å². The molecule has 0 atom stereocenters. The average molecular weight is 336 g/mol. The lowest BCUT2D eigenvalue weighted by molar-refractivity contribution is 0.263. The minimum Gasteiger partial charge on any atom is -0.383 e. The van der Waals surface area contributed by atoms with Crippen LogP contribution in [0, 0.1) is 0 Å². The van der Waals surface area contributed by atoms with Gasteiger partial charge >= 0.3 is 0 Å². The first kappa shape index (κ1) is 15.6. The second-order valence-corrected chi connectivity index (χ2v) is 6.31. The monoisotopic (exact) mass is 336 g/mol. The quantitative estimate of drug-likeness (QED) is 0.742. The Bertz CT molecular complexity index is 874. The smallest absolute Gasteiger partial charge is 0.226 e. The fourth-order valence-corrected chi connectivity index (χ4v) is 3.01. The van der Waals surface area contributed by atoms with E-state index >= 15 is 0 Å². The van der Waals surface area contributed by atoms with E-state index in [2.05, 4.69) is 42.2 Å². The second-order valence-electron chi connectivity index (χ2n) is 6.31. The van der Waals surface area contributed by atoms with Crippen molar-refractivity contribution in [2.75, 3.05) is 31.2 Å². The van der Waals surface area contributed by atoms with Crippen molar-refractivity contribution in [2.24, 2.45) is 0 Å². The van der Waals surface area contributed by atoms with E-state index in [1.54, 1.807) is 18.6 Å². The van der Waals surface area contributed by atoms with Crippen molar-refractivity contribution in [2.45, 2.75) is 18.9 Å². The molecule has 0 aromatic carbocycles. The van der Waals surface area contributed by atoms with Gasteiger partial charge in [-0.3, -0.25) is 9.97 Å². The normalized spacial score (nSPS) is 16.2. The number of nitrogens with one attached hydrogen (secondary N) is 1. The Labute approximate surface area is 145 Å². The third-order valence-corrected chi connectivity index (χ3v) is 4.47. The largest absolute Gasteiger partial charge is 0.383 e. The number of nitrogen functional groups attached to an aromatic ring is 1. The lowest BCUT2D eigenvalue weighted by Gasteiger charge is -2.29. The molecule has 1 aliphatic rings. The van der Waals surface area contributed by atoms with Crippen molar-refractivity contribution in [1.82, 2.24) is 29.8 Å². The van der Waals surface area contributed by atoms with Crippen LogP contribution in [0.4, 0.5) is 11.8 Å². The maximum atomic E-state index is 6.11. The van der Waals surface area contributed by atoms with E-state index in [1.165, 1.54) is 0 Å². The molecule has 3 aromatic heterocycles. The molecule has 0 aliphatic carbocycles. The van der Waals surface area contributed by atoms with E-state index in [0.717, 1.165) is 31.3 Å². The second kappa shape index (κ2) is 6.56. The zero-order valence-corrected chi connectivity index (χ0v) is 14.1. The van der Waals surface area contributed by atoms with Crippen LogP contribution in [0.25, 0.3) is 22.4 Å². The van der Waals surface area contributed by atoms with Crippen LogP contribution in [0.5, 0.6) is 0 Å². The summed E-state index contributed by atoms with van der Waals surface area (Å²) in [4.78, 5) is 24.2. The molecule has 0 saturated carbocycles. The number of nitrogens with zero attached hydrogens (tertiary/aromatic N) is 6. The fourth-order valence-electron chi connectivity index (χ4n) is 3.01. The van der Waals surface area contributed by atoms with Crippen LogP contribution in [0.1, 0.15) is 12.8 Å². The van der Waals surface area contributed by atoms with Gasteiger partial charge in [-0.05, 0) is 45.1 Å². The standard InChI is InChI=1S/C17H20N8/c1-25-8-4-11(5-9-25)21-17-23-15(18)12-2-3-13(22-16(12)24-17)14-10-19-6-7-20-14/h2-3,6-7,10-11H,4-5,8-9H2,1H3,(H3,18,21,22,23,24). The van der Waals surface area contributed by atoms with Crippen molar-refractivity contribution < 1.29 is 0 Å². The summed E-state index contributed by atoms with van der Waals surface area (Å²) in [5.74, 6) is 0.960. The summed E-state index contributed by atoms with van der Waals surface area (Å²) in [6.45, 7) is 2.13. The molecule has 4 heterocycles. The van der Waals surface area contributed by atoms with Gasteiger partial charge in [0.25, 0.3) is 0 Å². The van der Waals surface area contributed by atoms with Gasteiger partial charge in [-0.15, -0.1) is 0 Å². The first-order valence-corrected chi connectivity index (χ1v) is 8.35. The maximum absolute atomic E-state index is 6.11. The molecule has 128 valence electrons. The predicted octanol–water partition coefficient (Wildman–Crippen LogP) is 1.57. The zero-order chi connectivity index (χ0) is 17.2. The summed E-state index contributed by atoms with van der Waals surface area (Å²) < 4.78 is 0. The minimum absolute atomic E-state index is 0.358. The van der Waals surface area contributed by atoms with Crippen LogP contribution < -0.4 is 11.1 Å². The van der Waals surface area contributed by atoms with E-state index < -0.39 is 0 Å². The van der Waals surface area contributed by atoms with Crippen molar-refractivity contribution >= 4 is 22.8 Å². The molecule has 1 aliphatic heterocycles. The number of fused-ring (bicyclic) bond motifs is 1. The molecule has 25 heavy (non-hydrogen) atoms. The molecule has 4 rings (SSSR count). The van der Waals surface area contributed by atoms with Gasteiger partial charge in [0.2, 0.25) is 5.95 Å². The van der Waals surface area contributed by atoms with Crippen LogP contribution in [-0.4, -0.2) is 56.0 Å². The van der Waals surface area contributed by atoms with Crippen molar-refractivity contribution in [1.29, 1.82) is 0 Å². The molecule has 8 nitrogen and oxygen atoms in total. The molecule has 3 N–H and O–H groups in total. The molecule has 3 aromatic rings. The SMILES string of the molecule is CN1CCC(Nc2nc(N)c3ccc(-c4cnccn4)nc3n2)CC1. The summed E-state index contributed by atoms with van der Waals surface area (Å²) in [5.41, 5.74) is 8.08. The average Bonchev–Trinajstić information content (AvgIpc) is 2.64. The van der Waals surface area contributed by atoms with Crippen molar-refractivity contribution in [3.8, 4) is 11.4 Å². The number of aromatic nitrogens is 5. The highest BCUT2D eigenvalue weighted by Gasteiger charge is 2.18.